The van der Waals surface area contributed by atoms with Gasteiger partial charge in [0, 0.05) is 25.3 Å². The quantitative estimate of drug-likeness (QED) is 0.793. The Hall–Kier alpha value is -1.18. The Labute approximate surface area is 127 Å². The van der Waals surface area contributed by atoms with Crippen molar-refractivity contribution in [1.82, 2.24) is 14.6 Å². The molecular weight excluding hydrogens is 288 g/mol. The Balaban J connectivity index is 2.06. The molecule has 0 spiro atoms. The van der Waals surface area contributed by atoms with Gasteiger partial charge in [-0.2, -0.15) is 0 Å². The summed E-state index contributed by atoms with van der Waals surface area (Å²) in [4.78, 5) is 6.61. The number of anilines is 1. The fraction of sp³-hybridized carbons (Fsp3) is 0.643. The minimum Gasteiger partial charge on any atom is -0.369 e. The Kier molecular flexibility index (Phi) is 5.55. The molecule has 1 aromatic heterocycles. The number of hydrogen-bond donors (Lipinski definition) is 2. The zero-order valence-corrected chi connectivity index (χ0v) is 13.5. The van der Waals surface area contributed by atoms with Gasteiger partial charge in [-0.1, -0.05) is 0 Å². The number of hydrogen-bond acceptors (Lipinski definition) is 5. The van der Waals surface area contributed by atoms with Crippen LogP contribution in [0.4, 0.5) is 5.82 Å². The van der Waals surface area contributed by atoms with Crippen molar-refractivity contribution < 1.29 is 8.42 Å². The molecular formula is C14H24N4O2S. The first-order chi connectivity index (χ1) is 10.0. The Morgan fingerprint density at radius 2 is 2.10 bits per heavy atom. The first-order valence-electron chi connectivity index (χ1n) is 7.46. The number of rotatable bonds is 7. The Morgan fingerprint density at radius 1 is 1.38 bits per heavy atom. The van der Waals surface area contributed by atoms with E-state index in [4.69, 9.17) is 0 Å². The van der Waals surface area contributed by atoms with Crippen LogP contribution in [0.3, 0.4) is 0 Å². The molecule has 0 amide bonds. The molecule has 0 bridgehead atoms. The summed E-state index contributed by atoms with van der Waals surface area (Å²) in [5, 5.41) is 2.99. The molecule has 1 aromatic rings. The highest BCUT2D eigenvalue weighted by atomic mass is 32.2. The molecule has 1 atom stereocenters. The summed E-state index contributed by atoms with van der Waals surface area (Å²) < 4.78 is 27.8. The molecule has 6 nitrogen and oxygen atoms in total. The zero-order valence-electron chi connectivity index (χ0n) is 12.7. The van der Waals surface area contributed by atoms with Crippen molar-refractivity contribution >= 4 is 15.8 Å². The molecule has 2 N–H and O–H groups in total. The van der Waals surface area contributed by atoms with Gasteiger partial charge >= 0.3 is 0 Å². The molecule has 1 unspecified atom stereocenters. The number of aromatic nitrogens is 1. The third-order valence-corrected chi connectivity index (χ3v) is 5.11. The Bertz CT molecular complexity index is 556. The zero-order chi connectivity index (χ0) is 15.3. The minimum atomic E-state index is -3.56. The number of pyridine rings is 1. The highest BCUT2D eigenvalue weighted by Crippen LogP contribution is 2.18. The van der Waals surface area contributed by atoms with Crippen LogP contribution in [0.5, 0.6) is 0 Å². The van der Waals surface area contributed by atoms with Crippen LogP contribution in [-0.2, 0) is 10.0 Å². The summed E-state index contributed by atoms with van der Waals surface area (Å²) in [6, 6.07) is 3.10. The maximum atomic E-state index is 12.5. The molecule has 2 heterocycles. The summed E-state index contributed by atoms with van der Waals surface area (Å²) in [5.41, 5.74) is 0. The summed E-state index contributed by atoms with van der Waals surface area (Å²) in [6.07, 6.45) is 3.99. The van der Waals surface area contributed by atoms with E-state index in [1.165, 1.54) is 12.8 Å². The van der Waals surface area contributed by atoms with Crippen LogP contribution < -0.4 is 10.0 Å². The lowest BCUT2D eigenvalue weighted by atomic mass is 10.3. The molecule has 1 aliphatic rings. The number of sulfonamides is 1. The smallest absolute Gasteiger partial charge is 0.244 e. The van der Waals surface area contributed by atoms with Crippen molar-refractivity contribution in [1.29, 1.82) is 0 Å². The standard InChI is InChI=1S/C14H24N4O2S/c1-3-15-14-13(7-6-8-16-14)21(19,20)17-12(2)11-18-9-4-5-10-18/h6-8,12,17H,3-5,9-11H2,1-2H3,(H,15,16). The van der Waals surface area contributed by atoms with Crippen molar-refractivity contribution in [2.75, 3.05) is 31.5 Å². The molecule has 1 fully saturated rings. The first kappa shape index (κ1) is 16.2. The van der Waals surface area contributed by atoms with Gasteiger partial charge in [0.05, 0.1) is 0 Å². The van der Waals surface area contributed by atoms with E-state index in [0.29, 0.717) is 12.4 Å². The molecule has 21 heavy (non-hydrogen) atoms. The molecule has 0 saturated carbocycles. The molecule has 0 aliphatic carbocycles. The third-order valence-electron chi connectivity index (χ3n) is 3.49. The average molecular weight is 312 g/mol. The summed E-state index contributed by atoms with van der Waals surface area (Å²) in [5.74, 6) is 0.404. The van der Waals surface area contributed by atoms with E-state index in [1.807, 2.05) is 13.8 Å². The largest absolute Gasteiger partial charge is 0.369 e. The predicted octanol–water partition coefficient (Wildman–Crippen LogP) is 1.28. The fourth-order valence-corrected chi connectivity index (χ4v) is 3.99. The summed E-state index contributed by atoms with van der Waals surface area (Å²) in [6.45, 7) is 7.30. The average Bonchev–Trinajstić information content (AvgIpc) is 2.91. The predicted molar refractivity (Wildman–Crippen MR) is 83.9 cm³/mol. The molecule has 1 aliphatic heterocycles. The number of nitrogens with zero attached hydrogens (tertiary/aromatic N) is 2. The highest BCUT2D eigenvalue weighted by Gasteiger charge is 2.23. The van der Waals surface area contributed by atoms with Crippen LogP contribution in [0.25, 0.3) is 0 Å². The topological polar surface area (TPSA) is 74.3 Å². The van der Waals surface area contributed by atoms with Crippen LogP contribution in [0.1, 0.15) is 26.7 Å². The molecule has 0 aromatic carbocycles. The molecule has 0 radical (unpaired) electrons. The Morgan fingerprint density at radius 3 is 2.76 bits per heavy atom. The van der Waals surface area contributed by atoms with Gasteiger partial charge in [0.25, 0.3) is 0 Å². The van der Waals surface area contributed by atoms with Gasteiger partial charge in [-0.05, 0) is 51.9 Å². The second kappa shape index (κ2) is 7.20. The lowest BCUT2D eigenvalue weighted by Gasteiger charge is -2.21. The molecule has 7 heteroatoms. The van der Waals surface area contributed by atoms with Crippen molar-refractivity contribution in [2.24, 2.45) is 0 Å². The molecule has 2 rings (SSSR count). The summed E-state index contributed by atoms with van der Waals surface area (Å²) >= 11 is 0. The number of likely N-dealkylation sites (tertiary alicyclic amines) is 1. The van der Waals surface area contributed by atoms with Crippen LogP contribution in [-0.4, -0.2) is 50.5 Å². The first-order valence-corrected chi connectivity index (χ1v) is 8.95. The van der Waals surface area contributed by atoms with E-state index < -0.39 is 10.0 Å². The molecule has 118 valence electrons. The van der Waals surface area contributed by atoms with E-state index in [0.717, 1.165) is 19.6 Å². The normalized spacial score (nSPS) is 17.8. The van der Waals surface area contributed by atoms with Gasteiger partial charge in [-0.15, -0.1) is 0 Å². The van der Waals surface area contributed by atoms with Crippen LogP contribution >= 0.6 is 0 Å². The van der Waals surface area contributed by atoms with Crippen molar-refractivity contribution in [3.05, 3.63) is 18.3 Å². The van der Waals surface area contributed by atoms with Crippen molar-refractivity contribution in [2.45, 2.75) is 37.6 Å². The van der Waals surface area contributed by atoms with Gasteiger partial charge in [-0.25, -0.2) is 18.1 Å². The SMILES string of the molecule is CCNc1ncccc1S(=O)(=O)NC(C)CN1CCCC1. The molecule has 1 saturated heterocycles. The van der Waals surface area contributed by atoms with Crippen LogP contribution in [0.15, 0.2) is 23.2 Å². The van der Waals surface area contributed by atoms with Gasteiger partial charge in [-0.3, -0.25) is 0 Å². The van der Waals surface area contributed by atoms with Gasteiger partial charge < -0.3 is 10.2 Å². The van der Waals surface area contributed by atoms with E-state index >= 15 is 0 Å². The maximum Gasteiger partial charge on any atom is 0.244 e. The minimum absolute atomic E-state index is 0.122. The van der Waals surface area contributed by atoms with Crippen molar-refractivity contribution in [3.8, 4) is 0 Å². The second-order valence-electron chi connectivity index (χ2n) is 5.41. The maximum absolute atomic E-state index is 12.5. The highest BCUT2D eigenvalue weighted by molar-refractivity contribution is 7.89. The monoisotopic (exact) mass is 312 g/mol. The second-order valence-corrected chi connectivity index (χ2v) is 7.09. The van der Waals surface area contributed by atoms with E-state index in [1.54, 1.807) is 18.3 Å². The van der Waals surface area contributed by atoms with Gasteiger partial charge in [0.15, 0.2) is 0 Å². The van der Waals surface area contributed by atoms with Crippen LogP contribution in [0.2, 0.25) is 0 Å². The lowest BCUT2D eigenvalue weighted by molar-refractivity contribution is 0.313. The van der Waals surface area contributed by atoms with E-state index in [9.17, 15) is 8.42 Å². The van der Waals surface area contributed by atoms with Crippen molar-refractivity contribution in [3.63, 3.8) is 0 Å². The summed E-state index contributed by atoms with van der Waals surface area (Å²) in [7, 11) is -3.56. The lowest BCUT2D eigenvalue weighted by Crippen LogP contribution is -2.41. The number of nitrogens with one attached hydrogen (secondary N) is 2. The van der Waals surface area contributed by atoms with E-state index in [2.05, 4.69) is 19.9 Å². The van der Waals surface area contributed by atoms with Gasteiger partial charge in [0.1, 0.15) is 10.7 Å². The van der Waals surface area contributed by atoms with E-state index in [-0.39, 0.29) is 10.9 Å². The third kappa shape index (κ3) is 4.39. The van der Waals surface area contributed by atoms with Gasteiger partial charge in [0.2, 0.25) is 10.0 Å². The van der Waals surface area contributed by atoms with Crippen LogP contribution in [0, 0.1) is 0 Å². The fourth-order valence-electron chi connectivity index (χ4n) is 2.63.